The first kappa shape index (κ1) is 12.4. The average molecular weight is 251 g/mol. The summed E-state index contributed by atoms with van der Waals surface area (Å²) >= 11 is 0. The topological polar surface area (TPSA) is 96.7 Å². The van der Waals surface area contributed by atoms with Gasteiger partial charge in [0.25, 0.3) is 5.91 Å². The first-order chi connectivity index (χ1) is 8.54. The molecule has 98 valence electrons. The molecule has 0 aromatic carbocycles. The highest BCUT2D eigenvalue weighted by Crippen LogP contribution is 2.20. The van der Waals surface area contributed by atoms with Gasteiger partial charge in [-0.25, -0.2) is 0 Å². The SMILES string of the molecule is Cc1cc(C(=O)N2CCCC2C(N)=NO)n(C)n1. The second kappa shape index (κ2) is 4.67. The molecule has 1 aliphatic rings. The second-order valence-corrected chi connectivity index (χ2v) is 4.48. The Morgan fingerprint density at radius 3 is 2.94 bits per heavy atom. The first-order valence-corrected chi connectivity index (χ1v) is 5.83. The summed E-state index contributed by atoms with van der Waals surface area (Å²) in [4.78, 5) is 14.0. The average Bonchev–Trinajstić information content (AvgIpc) is 2.94. The molecular formula is C11H17N5O2. The zero-order chi connectivity index (χ0) is 13.3. The van der Waals surface area contributed by atoms with Crippen LogP contribution in [-0.2, 0) is 7.05 Å². The predicted octanol–water partition coefficient (Wildman–Crippen LogP) is 0.0795. The molecule has 1 atom stereocenters. The Kier molecular flexibility index (Phi) is 3.22. The van der Waals surface area contributed by atoms with E-state index in [1.54, 1.807) is 22.7 Å². The lowest BCUT2D eigenvalue weighted by atomic mass is 10.2. The fraction of sp³-hybridized carbons (Fsp3) is 0.545. The van der Waals surface area contributed by atoms with Crippen LogP contribution in [0, 0.1) is 6.92 Å². The summed E-state index contributed by atoms with van der Waals surface area (Å²) in [7, 11) is 1.73. The van der Waals surface area contributed by atoms with Crippen molar-refractivity contribution in [2.75, 3.05) is 6.54 Å². The lowest BCUT2D eigenvalue weighted by molar-refractivity contribution is 0.0757. The Labute approximate surface area is 105 Å². The molecule has 0 spiro atoms. The van der Waals surface area contributed by atoms with E-state index < -0.39 is 0 Å². The smallest absolute Gasteiger partial charge is 0.272 e. The zero-order valence-electron chi connectivity index (χ0n) is 10.5. The first-order valence-electron chi connectivity index (χ1n) is 5.83. The molecular weight excluding hydrogens is 234 g/mol. The predicted molar refractivity (Wildman–Crippen MR) is 65.4 cm³/mol. The number of rotatable bonds is 2. The van der Waals surface area contributed by atoms with E-state index in [9.17, 15) is 4.79 Å². The number of nitrogens with two attached hydrogens (primary N) is 1. The van der Waals surface area contributed by atoms with Crippen molar-refractivity contribution in [2.45, 2.75) is 25.8 Å². The van der Waals surface area contributed by atoms with E-state index in [1.165, 1.54) is 0 Å². The van der Waals surface area contributed by atoms with E-state index in [2.05, 4.69) is 10.3 Å². The quantitative estimate of drug-likeness (QED) is 0.336. The standard InChI is InChI=1S/C11H17N5O2/c1-7-6-9(15(2)13-7)11(17)16-5-3-4-8(16)10(12)14-18/h6,8,18H,3-5H2,1-2H3,(H2,12,14). The van der Waals surface area contributed by atoms with Crippen LogP contribution in [0.5, 0.6) is 0 Å². The Bertz CT molecular complexity index is 494. The molecule has 1 fully saturated rings. The van der Waals surface area contributed by atoms with Crippen LogP contribution in [0.2, 0.25) is 0 Å². The van der Waals surface area contributed by atoms with Crippen LogP contribution in [0.1, 0.15) is 29.0 Å². The highest BCUT2D eigenvalue weighted by molar-refractivity contribution is 5.97. The molecule has 1 unspecified atom stereocenters. The molecule has 1 aliphatic heterocycles. The molecule has 0 aliphatic carbocycles. The van der Waals surface area contributed by atoms with Gasteiger partial charge in [0.05, 0.1) is 11.7 Å². The highest BCUT2D eigenvalue weighted by Gasteiger charge is 2.33. The summed E-state index contributed by atoms with van der Waals surface area (Å²) < 4.78 is 1.55. The van der Waals surface area contributed by atoms with Gasteiger partial charge < -0.3 is 15.8 Å². The number of nitrogens with zero attached hydrogens (tertiary/aromatic N) is 4. The van der Waals surface area contributed by atoms with Crippen LogP contribution in [0.3, 0.4) is 0 Å². The summed E-state index contributed by atoms with van der Waals surface area (Å²) in [6.45, 7) is 2.45. The highest BCUT2D eigenvalue weighted by atomic mass is 16.4. The molecule has 2 heterocycles. The summed E-state index contributed by atoms with van der Waals surface area (Å²) in [5, 5.41) is 15.9. The summed E-state index contributed by atoms with van der Waals surface area (Å²) in [5.41, 5.74) is 6.92. The molecule has 7 heteroatoms. The van der Waals surface area contributed by atoms with Crippen LogP contribution in [0.4, 0.5) is 0 Å². The normalized spacial score (nSPS) is 20.4. The summed E-state index contributed by atoms with van der Waals surface area (Å²) in [6, 6.07) is 1.42. The Hall–Kier alpha value is -2.05. The molecule has 18 heavy (non-hydrogen) atoms. The number of amides is 1. The summed E-state index contributed by atoms with van der Waals surface area (Å²) in [6.07, 6.45) is 1.57. The van der Waals surface area contributed by atoms with Crippen molar-refractivity contribution in [1.82, 2.24) is 14.7 Å². The van der Waals surface area contributed by atoms with Gasteiger partial charge in [-0.1, -0.05) is 5.16 Å². The molecule has 0 radical (unpaired) electrons. The van der Waals surface area contributed by atoms with Gasteiger partial charge in [-0.3, -0.25) is 9.48 Å². The maximum Gasteiger partial charge on any atom is 0.272 e. The fourth-order valence-corrected chi connectivity index (χ4v) is 2.34. The van der Waals surface area contributed by atoms with Crippen molar-refractivity contribution in [3.8, 4) is 0 Å². The Balaban J connectivity index is 2.26. The van der Waals surface area contributed by atoms with Gasteiger partial charge in [-0.05, 0) is 25.8 Å². The van der Waals surface area contributed by atoms with E-state index in [0.717, 1.165) is 18.5 Å². The molecule has 0 bridgehead atoms. The number of hydrogen-bond donors (Lipinski definition) is 2. The number of aryl methyl sites for hydroxylation is 2. The van der Waals surface area contributed by atoms with Crippen molar-refractivity contribution in [2.24, 2.45) is 17.9 Å². The number of oxime groups is 1. The third-order valence-corrected chi connectivity index (χ3v) is 3.19. The van der Waals surface area contributed by atoms with Crippen molar-refractivity contribution in [3.05, 3.63) is 17.5 Å². The third-order valence-electron chi connectivity index (χ3n) is 3.19. The maximum absolute atomic E-state index is 12.4. The van der Waals surface area contributed by atoms with Crippen LogP contribution < -0.4 is 5.73 Å². The second-order valence-electron chi connectivity index (χ2n) is 4.48. The van der Waals surface area contributed by atoms with E-state index in [-0.39, 0.29) is 17.8 Å². The Morgan fingerprint density at radius 1 is 1.67 bits per heavy atom. The minimum atomic E-state index is -0.322. The van der Waals surface area contributed by atoms with E-state index >= 15 is 0 Å². The van der Waals surface area contributed by atoms with Crippen LogP contribution in [0.25, 0.3) is 0 Å². The number of carbonyl (C=O) groups is 1. The fourth-order valence-electron chi connectivity index (χ4n) is 2.34. The molecule has 3 N–H and O–H groups in total. The van der Waals surface area contributed by atoms with E-state index in [4.69, 9.17) is 10.9 Å². The largest absolute Gasteiger partial charge is 0.409 e. The molecule has 1 aromatic heterocycles. The lowest BCUT2D eigenvalue weighted by Gasteiger charge is -2.23. The van der Waals surface area contributed by atoms with Crippen LogP contribution in [0.15, 0.2) is 11.2 Å². The van der Waals surface area contributed by atoms with E-state index in [0.29, 0.717) is 12.2 Å². The molecule has 1 aromatic rings. The molecule has 0 saturated carbocycles. The zero-order valence-corrected chi connectivity index (χ0v) is 10.5. The number of carbonyl (C=O) groups excluding carboxylic acids is 1. The Morgan fingerprint density at radius 2 is 2.39 bits per heavy atom. The van der Waals surface area contributed by atoms with Crippen LogP contribution in [-0.4, -0.2) is 44.2 Å². The van der Waals surface area contributed by atoms with Gasteiger partial charge in [0.15, 0.2) is 5.84 Å². The van der Waals surface area contributed by atoms with Gasteiger partial charge in [0, 0.05) is 13.6 Å². The van der Waals surface area contributed by atoms with Crippen molar-refractivity contribution < 1.29 is 10.0 Å². The lowest BCUT2D eigenvalue weighted by Crippen LogP contribution is -2.44. The maximum atomic E-state index is 12.4. The minimum absolute atomic E-state index is 0.0831. The van der Waals surface area contributed by atoms with Gasteiger partial charge in [-0.15, -0.1) is 0 Å². The number of hydrogen-bond acceptors (Lipinski definition) is 4. The van der Waals surface area contributed by atoms with Crippen molar-refractivity contribution in [3.63, 3.8) is 0 Å². The molecule has 1 amide bonds. The van der Waals surface area contributed by atoms with E-state index in [1.807, 2.05) is 6.92 Å². The van der Waals surface area contributed by atoms with Gasteiger partial charge in [-0.2, -0.15) is 5.10 Å². The number of amidine groups is 1. The number of likely N-dealkylation sites (tertiary alicyclic amines) is 1. The van der Waals surface area contributed by atoms with Crippen molar-refractivity contribution in [1.29, 1.82) is 0 Å². The molecule has 7 nitrogen and oxygen atoms in total. The molecule has 2 rings (SSSR count). The monoisotopic (exact) mass is 251 g/mol. The van der Waals surface area contributed by atoms with Crippen molar-refractivity contribution >= 4 is 11.7 Å². The van der Waals surface area contributed by atoms with Crippen LogP contribution >= 0.6 is 0 Å². The number of aromatic nitrogens is 2. The summed E-state index contributed by atoms with van der Waals surface area (Å²) in [5.74, 6) is -0.0491. The minimum Gasteiger partial charge on any atom is -0.409 e. The van der Waals surface area contributed by atoms with Gasteiger partial charge >= 0.3 is 0 Å². The van der Waals surface area contributed by atoms with Gasteiger partial charge in [0.1, 0.15) is 5.69 Å². The van der Waals surface area contributed by atoms with Gasteiger partial charge in [0.2, 0.25) is 0 Å². The molecule has 1 saturated heterocycles. The third kappa shape index (κ3) is 2.03.